The van der Waals surface area contributed by atoms with Gasteiger partial charge in [-0.15, -0.1) is 0 Å². The van der Waals surface area contributed by atoms with E-state index in [1.165, 1.54) is 0 Å². The van der Waals surface area contributed by atoms with Crippen molar-refractivity contribution in [1.29, 1.82) is 0 Å². The minimum absolute atomic E-state index is 0.154. The number of benzene rings is 2. The molecule has 31 heavy (non-hydrogen) atoms. The summed E-state index contributed by atoms with van der Waals surface area (Å²) in [5.41, 5.74) is 2.06. The number of hydrogen-bond donors (Lipinski definition) is 1. The van der Waals surface area contributed by atoms with Crippen LogP contribution in [0.3, 0.4) is 0 Å². The van der Waals surface area contributed by atoms with Crippen molar-refractivity contribution in [2.45, 2.75) is 53.0 Å². The van der Waals surface area contributed by atoms with Crippen LogP contribution in [0.4, 0.5) is 0 Å². The number of Topliss-reactive ketones (excluding diaryl/α,β-unsaturated/α-hetero) is 1. The van der Waals surface area contributed by atoms with Gasteiger partial charge in [-0.3, -0.25) is 9.69 Å². The van der Waals surface area contributed by atoms with E-state index >= 15 is 0 Å². The number of allylic oxidation sites excluding steroid dienone is 1. The van der Waals surface area contributed by atoms with Crippen LogP contribution in [0.2, 0.25) is 0 Å². The summed E-state index contributed by atoms with van der Waals surface area (Å²) in [4.78, 5) is 15.3. The van der Waals surface area contributed by atoms with Crippen molar-refractivity contribution in [2.24, 2.45) is 0 Å². The number of fused-ring (bicyclic) bond motifs is 1. The molecule has 0 radical (unpaired) electrons. The smallest absolute Gasteiger partial charge is 0.231 e. The largest absolute Gasteiger partial charge is 0.507 e. The molecule has 0 spiro atoms. The van der Waals surface area contributed by atoms with Gasteiger partial charge in [-0.25, -0.2) is 0 Å². The molecular weight excluding hydrogens is 390 g/mol. The molecule has 2 aromatic rings. The van der Waals surface area contributed by atoms with E-state index in [9.17, 15) is 9.90 Å². The lowest BCUT2D eigenvalue weighted by Crippen LogP contribution is -2.25. The Morgan fingerprint density at radius 3 is 2.29 bits per heavy atom. The lowest BCUT2D eigenvalue weighted by Gasteiger charge is -2.23. The average Bonchev–Trinajstić information content (AvgIpc) is 3.08. The highest BCUT2D eigenvalue weighted by Gasteiger charge is 2.31. The Labute approximate surface area is 185 Å². The van der Waals surface area contributed by atoms with Crippen molar-refractivity contribution < 1.29 is 19.4 Å². The minimum atomic E-state index is -0.154. The number of hydrogen-bond acceptors (Lipinski definition) is 5. The first-order valence-corrected chi connectivity index (χ1v) is 11.3. The highest BCUT2D eigenvalue weighted by atomic mass is 16.5. The number of unbranched alkanes of at least 4 members (excludes halogenated alkanes) is 2. The molecule has 0 unspecified atom stereocenters. The molecule has 0 aliphatic carbocycles. The third-order valence-corrected chi connectivity index (χ3v) is 5.44. The second-order valence-electron chi connectivity index (χ2n) is 7.87. The van der Waals surface area contributed by atoms with Gasteiger partial charge in [0.1, 0.15) is 17.2 Å². The van der Waals surface area contributed by atoms with Gasteiger partial charge in [0.25, 0.3) is 0 Å². The fraction of sp³-hybridized carbons (Fsp3) is 0.423. The van der Waals surface area contributed by atoms with Crippen LogP contribution in [0.5, 0.6) is 17.2 Å². The summed E-state index contributed by atoms with van der Waals surface area (Å²) < 4.78 is 11.5. The Morgan fingerprint density at radius 1 is 1.00 bits per heavy atom. The lowest BCUT2D eigenvalue weighted by molar-refractivity contribution is 0.101. The van der Waals surface area contributed by atoms with E-state index in [0.717, 1.165) is 50.1 Å². The second kappa shape index (κ2) is 11.0. The predicted molar refractivity (Wildman–Crippen MR) is 124 cm³/mol. The molecule has 0 saturated carbocycles. The fourth-order valence-corrected chi connectivity index (χ4v) is 3.68. The maximum Gasteiger partial charge on any atom is 0.231 e. The van der Waals surface area contributed by atoms with Crippen molar-refractivity contribution in [3.05, 3.63) is 58.8 Å². The monoisotopic (exact) mass is 423 g/mol. The molecule has 3 rings (SSSR count). The summed E-state index contributed by atoms with van der Waals surface area (Å²) in [7, 11) is 0. The van der Waals surface area contributed by atoms with Crippen LogP contribution in [0, 0.1) is 0 Å². The zero-order valence-corrected chi connectivity index (χ0v) is 18.8. The molecule has 1 N–H and O–H groups in total. The third kappa shape index (κ3) is 5.67. The Kier molecular flexibility index (Phi) is 8.13. The number of nitrogens with zero attached hydrogens (tertiary/aromatic N) is 1. The van der Waals surface area contributed by atoms with Crippen LogP contribution < -0.4 is 9.47 Å². The van der Waals surface area contributed by atoms with Crippen molar-refractivity contribution >= 4 is 11.9 Å². The predicted octanol–water partition coefficient (Wildman–Crippen LogP) is 5.81. The van der Waals surface area contributed by atoms with Crippen molar-refractivity contribution in [3.63, 3.8) is 0 Å². The van der Waals surface area contributed by atoms with Gasteiger partial charge in [0.2, 0.25) is 5.78 Å². The third-order valence-electron chi connectivity index (χ3n) is 5.44. The van der Waals surface area contributed by atoms with E-state index in [0.29, 0.717) is 30.0 Å². The molecule has 0 fully saturated rings. The second-order valence-corrected chi connectivity index (χ2v) is 7.87. The molecule has 1 aliphatic heterocycles. The summed E-state index contributed by atoms with van der Waals surface area (Å²) in [5, 5.41) is 10.6. The molecule has 2 aromatic carbocycles. The normalized spacial score (nSPS) is 14.2. The molecule has 5 heteroatoms. The zero-order valence-electron chi connectivity index (χ0n) is 18.8. The van der Waals surface area contributed by atoms with Crippen LogP contribution >= 0.6 is 0 Å². The van der Waals surface area contributed by atoms with Gasteiger partial charge in [0.15, 0.2) is 5.76 Å². The summed E-state index contributed by atoms with van der Waals surface area (Å²) in [6.45, 7) is 9.39. The van der Waals surface area contributed by atoms with Gasteiger partial charge in [0, 0.05) is 6.54 Å². The van der Waals surface area contributed by atoms with E-state index < -0.39 is 0 Å². The molecule has 0 bridgehead atoms. The van der Waals surface area contributed by atoms with E-state index in [-0.39, 0.29) is 17.3 Å². The molecule has 166 valence electrons. The van der Waals surface area contributed by atoms with Gasteiger partial charge in [-0.1, -0.05) is 38.8 Å². The van der Waals surface area contributed by atoms with E-state index in [1.807, 2.05) is 31.2 Å². The summed E-state index contributed by atoms with van der Waals surface area (Å²) in [5.74, 6) is 1.57. The molecule has 0 aromatic heterocycles. The lowest BCUT2D eigenvalue weighted by atomic mass is 10.0. The van der Waals surface area contributed by atoms with E-state index in [2.05, 4.69) is 18.7 Å². The van der Waals surface area contributed by atoms with Crippen LogP contribution in [0.1, 0.15) is 67.9 Å². The molecule has 0 atom stereocenters. The van der Waals surface area contributed by atoms with Crippen LogP contribution in [0.25, 0.3) is 6.08 Å². The van der Waals surface area contributed by atoms with Crippen molar-refractivity contribution in [2.75, 3.05) is 19.7 Å². The van der Waals surface area contributed by atoms with Crippen LogP contribution in [-0.4, -0.2) is 35.5 Å². The number of ether oxygens (including phenoxy) is 2. The van der Waals surface area contributed by atoms with Crippen molar-refractivity contribution in [1.82, 2.24) is 4.90 Å². The first-order valence-electron chi connectivity index (χ1n) is 11.3. The number of phenols is 1. The fourth-order valence-electron chi connectivity index (χ4n) is 3.68. The SMILES string of the molecule is CCCCN(CCCC)Cc1c(O)ccc2c1O/C(=C/c1ccc(OCC)cc1)C2=O. The highest BCUT2D eigenvalue weighted by molar-refractivity contribution is 6.15. The van der Waals surface area contributed by atoms with Crippen molar-refractivity contribution in [3.8, 4) is 17.2 Å². The minimum Gasteiger partial charge on any atom is -0.507 e. The molecule has 1 aliphatic rings. The molecular formula is C26H33NO4. The molecule has 5 nitrogen and oxygen atoms in total. The quantitative estimate of drug-likeness (QED) is 0.462. The maximum absolute atomic E-state index is 13.0. The first kappa shape index (κ1) is 22.9. The zero-order chi connectivity index (χ0) is 22.2. The number of ketones is 1. The van der Waals surface area contributed by atoms with Gasteiger partial charge < -0.3 is 14.6 Å². The van der Waals surface area contributed by atoms with Crippen LogP contribution in [0.15, 0.2) is 42.2 Å². The Hall–Kier alpha value is -2.79. The number of aromatic hydroxyl groups is 1. The Bertz CT molecular complexity index is 910. The number of carbonyl (C=O) groups excluding carboxylic acids is 1. The maximum atomic E-state index is 13.0. The number of carbonyl (C=O) groups is 1. The first-order chi connectivity index (χ1) is 15.1. The van der Waals surface area contributed by atoms with Gasteiger partial charge in [-0.05, 0) is 68.8 Å². The molecule has 1 heterocycles. The van der Waals surface area contributed by atoms with Gasteiger partial charge in [-0.2, -0.15) is 0 Å². The molecule has 0 saturated heterocycles. The average molecular weight is 424 g/mol. The Morgan fingerprint density at radius 2 is 1.68 bits per heavy atom. The van der Waals surface area contributed by atoms with Crippen LogP contribution in [-0.2, 0) is 6.54 Å². The standard InChI is InChI=1S/C26H33NO4/c1-4-7-15-27(16-8-5-2)18-22-23(28)14-13-21-25(29)24(31-26(21)22)17-19-9-11-20(12-10-19)30-6-3/h9-14,17,28H,4-8,15-16,18H2,1-3H3/b24-17+. The number of phenolic OH excluding ortho intramolecular Hbond substituents is 1. The van der Waals surface area contributed by atoms with Gasteiger partial charge >= 0.3 is 0 Å². The topological polar surface area (TPSA) is 59.0 Å². The summed E-state index contributed by atoms with van der Waals surface area (Å²) >= 11 is 0. The van der Waals surface area contributed by atoms with Gasteiger partial charge in [0.05, 0.1) is 17.7 Å². The highest BCUT2D eigenvalue weighted by Crippen LogP contribution is 2.40. The summed E-state index contributed by atoms with van der Waals surface area (Å²) in [6, 6.07) is 10.8. The number of rotatable bonds is 11. The molecule has 0 amide bonds. The summed E-state index contributed by atoms with van der Waals surface area (Å²) in [6.07, 6.45) is 6.17. The van der Waals surface area contributed by atoms with E-state index in [1.54, 1.807) is 18.2 Å². The Balaban J connectivity index is 1.84. The van der Waals surface area contributed by atoms with E-state index in [4.69, 9.17) is 9.47 Å².